The van der Waals surface area contributed by atoms with Crippen molar-refractivity contribution in [2.24, 2.45) is 5.41 Å². The number of carbonyl (C=O) groups excluding carboxylic acids is 1. The van der Waals surface area contributed by atoms with Gasteiger partial charge in [-0.25, -0.2) is 0 Å². The van der Waals surface area contributed by atoms with E-state index in [0.717, 1.165) is 31.4 Å². The lowest BCUT2D eigenvalue weighted by atomic mass is 9.69. The second-order valence-electron chi connectivity index (χ2n) is 7.27. The molecule has 2 aliphatic rings. The number of fused-ring (bicyclic) bond motifs is 1. The van der Waals surface area contributed by atoms with Gasteiger partial charge in [-0.3, -0.25) is 4.79 Å². The van der Waals surface area contributed by atoms with Gasteiger partial charge >= 0.3 is 0 Å². The van der Waals surface area contributed by atoms with Gasteiger partial charge in [0.15, 0.2) is 0 Å². The Balaban J connectivity index is 1.86. The van der Waals surface area contributed by atoms with Crippen LogP contribution in [0.2, 0.25) is 0 Å². The summed E-state index contributed by atoms with van der Waals surface area (Å²) in [5, 5.41) is 10.0. The first-order valence-corrected chi connectivity index (χ1v) is 8.76. The van der Waals surface area contributed by atoms with Gasteiger partial charge in [0.25, 0.3) is 5.91 Å². The molecule has 2 saturated heterocycles. The van der Waals surface area contributed by atoms with E-state index in [1.165, 1.54) is 0 Å². The third kappa shape index (κ3) is 2.80. The molecule has 5 heteroatoms. The standard InChI is InChI=1S/C19H28N2O3/c1-14-6-4-7-15(24-3)17(14)18(23)21-11-9-19(13-22)8-5-10-20(2)16(19)12-21/h4,6-7,16,22H,5,8-13H2,1-3H3/t16-,19-/m1/s1. The molecule has 132 valence electrons. The lowest BCUT2D eigenvalue weighted by molar-refractivity contribution is -0.0601. The minimum Gasteiger partial charge on any atom is -0.496 e. The maximum Gasteiger partial charge on any atom is 0.257 e. The van der Waals surface area contributed by atoms with Crippen molar-refractivity contribution in [1.82, 2.24) is 9.80 Å². The van der Waals surface area contributed by atoms with Crippen molar-refractivity contribution in [3.8, 4) is 5.75 Å². The van der Waals surface area contributed by atoms with Gasteiger partial charge in [0, 0.05) is 24.5 Å². The molecule has 0 spiro atoms. The molecule has 1 aromatic rings. The molecule has 2 atom stereocenters. The Morgan fingerprint density at radius 1 is 1.38 bits per heavy atom. The maximum atomic E-state index is 13.1. The number of aliphatic hydroxyl groups is 1. The molecule has 2 aliphatic heterocycles. The number of benzene rings is 1. The summed E-state index contributed by atoms with van der Waals surface area (Å²) in [7, 11) is 3.71. The van der Waals surface area contributed by atoms with E-state index in [1.54, 1.807) is 7.11 Å². The van der Waals surface area contributed by atoms with Crippen molar-refractivity contribution in [3.63, 3.8) is 0 Å². The first-order valence-electron chi connectivity index (χ1n) is 8.76. The van der Waals surface area contributed by atoms with Crippen LogP contribution in [0.15, 0.2) is 18.2 Å². The number of rotatable bonds is 3. The lowest BCUT2D eigenvalue weighted by Crippen LogP contribution is -2.62. The van der Waals surface area contributed by atoms with Gasteiger partial charge in [0.2, 0.25) is 0 Å². The number of likely N-dealkylation sites (N-methyl/N-ethyl adjacent to an activating group) is 1. The van der Waals surface area contributed by atoms with Crippen LogP contribution in [0.3, 0.4) is 0 Å². The molecular weight excluding hydrogens is 304 g/mol. The zero-order valence-electron chi connectivity index (χ0n) is 14.9. The number of ether oxygens (including phenoxy) is 1. The van der Waals surface area contributed by atoms with Crippen LogP contribution in [-0.2, 0) is 0 Å². The molecule has 2 fully saturated rings. The second-order valence-corrected chi connectivity index (χ2v) is 7.27. The van der Waals surface area contributed by atoms with Crippen molar-refractivity contribution >= 4 is 5.91 Å². The van der Waals surface area contributed by atoms with E-state index in [2.05, 4.69) is 11.9 Å². The van der Waals surface area contributed by atoms with E-state index in [9.17, 15) is 9.90 Å². The number of carbonyl (C=O) groups is 1. The molecule has 0 bridgehead atoms. The number of likely N-dealkylation sites (tertiary alicyclic amines) is 2. The number of amides is 1. The number of aliphatic hydroxyl groups excluding tert-OH is 1. The number of aryl methyl sites for hydroxylation is 1. The molecule has 1 amide bonds. The van der Waals surface area contributed by atoms with Gasteiger partial charge in [0.1, 0.15) is 5.75 Å². The van der Waals surface area contributed by atoms with Gasteiger partial charge in [-0.1, -0.05) is 12.1 Å². The van der Waals surface area contributed by atoms with E-state index in [0.29, 0.717) is 24.4 Å². The Bertz CT molecular complexity index is 619. The summed E-state index contributed by atoms with van der Waals surface area (Å²) in [5.41, 5.74) is 1.55. The fourth-order valence-corrected chi connectivity index (χ4v) is 4.44. The zero-order chi connectivity index (χ0) is 17.3. The molecule has 0 aliphatic carbocycles. The first kappa shape index (κ1) is 17.2. The lowest BCUT2D eigenvalue weighted by Gasteiger charge is -2.53. The van der Waals surface area contributed by atoms with Gasteiger partial charge in [0.05, 0.1) is 19.3 Å². The monoisotopic (exact) mass is 332 g/mol. The van der Waals surface area contributed by atoms with Gasteiger partial charge in [-0.15, -0.1) is 0 Å². The van der Waals surface area contributed by atoms with Crippen LogP contribution in [0.25, 0.3) is 0 Å². The second kappa shape index (κ2) is 6.73. The summed E-state index contributed by atoms with van der Waals surface area (Å²) < 4.78 is 5.41. The molecule has 0 radical (unpaired) electrons. The molecule has 1 N–H and O–H groups in total. The molecule has 3 rings (SSSR count). The summed E-state index contributed by atoms with van der Waals surface area (Å²) in [6.45, 7) is 4.55. The van der Waals surface area contributed by atoms with Crippen molar-refractivity contribution < 1.29 is 14.6 Å². The fourth-order valence-electron chi connectivity index (χ4n) is 4.44. The first-order chi connectivity index (χ1) is 11.5. The summed E-state index contributed by atoms with van der Waals surface area (Å²) in [6.07, 6.45) is 3.03. The number of piperidine rings is 2. The Kier molecular flexibility index (Phi) is 4.83. The van der Waals surface area contributed by atoms with Crippen LogP contribution in [-0.4, -0.2) is 67.3 Å². The Hall–Kier alpha value is -1.59. The predicted octanol–water partition coefficient (Wildman–Crippen LogP) is 1.92. The van der Waals surface area contributed by atoms with Crippen LogP contribution >= 0.6 is 0 Å². The average molecular weight is 332 g/mol. The largest absolute Gasteiger partial charge is 0.496 e. The topological polar surface area (TPSA) is 53.0 Å². The molecule has 2 heterocycles. The summed E-state index contributed by atoms with van der Waals surface area (Å²) in [4.78, 5) is 17.4. The summed E-state index contributed by atoms with van der Waals surface area (Å²) in [6, 6.07) is 5.93. The van der Waals surface area contributed by atoms with Crippen LogP contribution in [0.4, 0.5) is 0 Å². The van der Waals surface area contributed by atoms with Gasteiger partial charge < -0.3 is 19.6 Å². The Morgan fingerprint density at radius 3 is 2.88 bits per heavy atom. The van der Waals surface area contributed by atoms with Crippen molar-refractivity contribution in [2.45, 2.75) is 32.2 Å². The van der Waals surface area contributed by atoms with Crippen molar-refractivity contribution in [2.75, 3.05) is 40.4 Å². The number of hydrogen-bond acceptors (Lipinski definition) is 4. The molecule has 0 saturated carbocycles. The Labute approximate surface area is 144 Å². The van der Waals surface area contributed by atoms with E-state index in [-0.39, 0.29) is 24.0 Å². The molecule has 5 nitrogen and oxygen atoms in total. The zero-order valence-corrected chi connectivity index (χ0v) is 14.9. The van der Waals surface area contributed by atoms with E-state index in [1.807, 2.05) is 30.0 Å². The average Bonchev–Trinajstić information content (AvgIpc) is 2.61. The third-order valence-electron chi connectivity index (χ3n) is 5.97. The van der Waals surface area contributed by atoms with E-state index < -0.39 is 0 Å². The molecule has 0 unspecified atom stereocenters. The van der Waals surface area contributed by atoms with E-state index in [4.69, 9.17) is 4.74 Å². The SMILES string of the molecule is COc1cccc(C)c1C(=O)N1CC[C@@]2(CO)CCCN(C)[C@@H]2C1. The summed E-state index contributed by atoms with van der Waals surface area (Å²) in [5.74, 6) is 0.673. The third-order valence-corrected chi connectivity index (χ3v) is 5.97. The molecule has 1 aromatic carbocycles. The quantitative estimate of drug-likeness (QED) is 0.919. The maximum absolute atomic E-state index is 13.1. The minimum atomic E-state index is -0.0560. The Morgan fingerprint density at radius 2 is 2.17 bits per heavy atom. The normalized spacial score (nSPS) is 27.7. The van der Waals surface area contributed by atoms with Crippen molar-refractivity contribution in [1.29, 1.82) is 0 Å². The van der Waals surface area contributed by atoms with Crippen LogP contribution in [0, 0.1) is 12.3 Å². The van der Waals surface area contributed by atoms with Gasteiger partial charge in [-0.05, 0) is 51.4 Å². The molecule has 0 aromatic heterocycles. The smallest absolute Gasteiger partial charge is 0.257 e. The van der Waals surface area contributed by atoms with Crippen LogP contribution in [0.5, 0.6) is 5.75 Å². The highest BCUT2D eigenvalue weighted by atomic mass is 16.5. The molecular formula is C19H28N2O3. The minimum absolute atomic E-state index is 0.0375. The van der Waals surface area contributed by atoms with E-state index >= 15 is 0 Å². The van der Waals surface area contributed by atoms with Crippen molar-refractivity contribution in [3.05, 3.63) is 29.3 Å². The number of nitrogens with zero attached hydrogens (tertiary/aromatic N) is 2. The number of methoxy groups -OCH3 is 1. The van der Waals surface area contributed by atoms with Crippen LogP contribution in [0.1, 0.15) is 35.2 Å². The number of hydrogen-bond donors (Lipinski definition) is 1. The highest BCUT2D eigenvalue weighted by Crippen LogP contribution is 2.42. The van der Waals surface area contributed by atoms with Gasteiger partial charge in [-0.2, -0.15) is 0 Å². The highest BCUT2D eigenvalue weighted by molar-refractivity contribution is 5.98. The molecule has 24 heavy (non-hydrogen) atoms. The summed E-state index contributed by atoms with van der Waals surface area (Å²) >= 11 is 0. The fraction of sp³-hybridized carbons (Fsp3) is 0.632. The highest BCUT2D eigenvalue weighted by Gasteiger charge is 2.47. The predicted molar refractivity (Wildman–Crippen MR) is 93.4 cm³/mol. The van der Waals surface area contributed by atoms with Crippen LogP contribution < -0.4 is 4.74 Å².